The maximum atomic E-state index is 11.2. The van der Waals surface area contributed by atoms with E-state index in [4.69, 9.17) is 5.73 Å². The van der Waals surface area contributed by atoms with E-state index in [-0.39, 0.29) is 24.7 Å². The van der Waals surface area contributed by atoms with Crippen LogP contribution < -0.4 is 5.73 Å². The molecule has 0 aliphatic heterocycles. The second-order valence-corrected chi connectivity index (χ2v) is 5.43. The van der Waals surface area contributed by atoms with Gasteiger partial charge < -0.3 is 5.73 Å². The third kappa shape index (κ3) is 3.74. The van der Waals surface area contributed by atoms with Gasteiger partial charge >= 0.3 is 0 Å². The molecule has 0 atom stereocenters. The van der Waals surface area contributed by atoms with E-state index in [2.05, 4.69) is 0 Å². The van der Waals surface area contributed by atoms with E-state index >= 15 is 0 Å². The van der Waals surface area contributed by atoms with Crippen LogP contribution in [0.3, 0.4) is 0 Å². The van der Waals surface area contributed by atoms with E-state index in [0.717, 1.165) is 12.8 Å². The molecule has 0 aromatic heterocycles. The van der Waals surface area contributed by atoms with Crippen LogP contribution in [0.15, 0.2) is 0 Å². The van der Waals surface area contributed by atoms with Crippen LogP contribution >= 0.6 is 12.4 Å². The molecule has 0 amide bonds. The molecule has 0 aromatic rings. The van der Waals surface area contributed by atoms with Gasteiger partial charge in [-0.1, -0.05) is 6.42 Å². The van der Waals surface area contributed by atoms with Crippen LogP contribution in [0.25, 0.3) is 0 Å². The average Bonchev–Trinajstić information content (AvgIpc) is 1.79. The van der Waals surface area contributed by atoms with Crippen LogP contribution in [0.5, 0.6) is 0 Å². The summed E-state index contributed by atoms with van der Waals surface area (Å²) in [5, 5.41) is 0. The summed E-state index contributed by atoms with van der Waals surface area (Å²) in [5.74, 6) is 0.958. The fraction of sp³-hybridized carbons (Fsp3) is 1.00. The molecular weight excluding hydrogens is 198 g/mol. The smallest absolute Gasteiger partial charge is 0.151 e. The molecule has 5 heteroatoms. The second-order valence-electron chi connectivity index (χ2n) is 3.20. The monoisotopic (exact) mass is 213 g/mol. The molecule has 0 bridgehead atoms. The first kappa shape index (κ1) is 12.2. The lowest BCUT2D eigenvalue weighted by Gasteiger charge is -2.24. The third-order valence-electron chi connectivity index (χ3n) is 2.14. The zero-order valence-corrected chi connectivity index (χ0v) is 8.66. The van der Waals surface area contributed by atoms with Crippen molar-refractivity contribution in [2.75, 3.05) is 18.1 Å². The molecule has 0 unspecified atom stereocenters. The van der Waals surface area contributed by atoms with E-state index in [0.29, 0.717) is 11.7 Å². The minimum Gasteiger partial charge on any atom is -0.329 e. The lowest BCUT2D eigenvalue weighted by Crippen LogP contribution is -2.26. The van der Waals surface area contributed by atoms with Crippen molar-refractivity contribution < 1.29 is 8.42 Å². The van der Waals surface area contributed by atoms with Crippen molar-refractivity contribution in [1.82, 2.24) is 0 Å². The number of sulfone groups is 1. The van der Waals surface area contributed by atoms with Crippen molar-refractivity contribution in [3.8, 4) is 0 Å². The van der Waals surface area contributed by atoms with Gasteiger partial charge in [0.25, 0.3) is 0 Å². The fourth-order valence-corrected chi connectivity index (χ4v) is 2.86. The topological polar surface area (TPSA) is 60.2 Å². The van der Waals surface area contributed by atoms with E-state index in [1.165, 1.54) is 6.42 Å². The molecule has 2 N–H and O–H groups in total. The lowest BCUT2D eigenvalue weighted by molar-refractivity contribution is 0.347. The van der Waals surface area contributed by atoms with Crippen LogP contribution in [-0.4, -0.2) is 26.5 Å². The molecule has 0 aromatic carbocycles. The predicted octanol–water partition coefficient (Wildman–Crippen LogP) is 0.582. The van der Waals surface area contributed by atoms with E-state index in [1.807, 2.05) is 0 Å². The molecule has 3 nitrogen and oxygen atoms in total. The first-order chi connectivity index (χ1) is 5.14. The minimum absolute atomic E-state index is 0. The largest absolute Gasteiger partial charge is 0.329 e. The van der Waals surface area contributed by atoms with Crippen LogP contribution in [0.4, 0.5) is 0 Å². The highest BCUT2D eigenvalue weighted by Gasteiger charge is 2.23. The maximum absolute atomic E-state index is 11.2. The van der Waals surface area contributed by atoms with E-state index in [9.17, 15) is 8.42 Å². The van der Waals surface area contributed by atoms with Gasteiger partial charge in [-0.25, -0.2) is 8.42 Å². The van der Waals surface area contributed by atoms with Gasteiger partial charge in [0, 0.05) is 6.54 Å². The van der Waals surface area contributed by atoms with Crippen LogP contribution in [0.2, 0.25) is 0 Å². The molecule has 0 heterocycles. The Balaban J connectivity index is 0.00000121. The molecule has 1 fully saturated rings. The van der Waals surface area contributed by atoms with E-state index in [1.54, 1.807) is 0 Å². The molecule has 0 saturated heterocycles. The Morgan fingerprint density at radius 3 is 2.25 bits per heavy atom. The molecule has 1 saturated carbocycles. The SMILES string of the molecule is Cl.NCCS(=O)(=O)CC1CCC1. The summed E-state index contributed by atoms with van der Waals surface area (Å²) >= 11 is 0. The van der Waals surface area contributed by atoms with Crippen molar-refractivity contribution in [1.29, 1.82) is 0 Å². The molecule has 1 aliphatic carbocycles. The highest BCUT2D eigenvalue weighted by Crippen LogP contribution is 2.27. The molecular formula is C7H16ClNO2S. The molecule has 0 radical (unpaired) electrons. The number of hydrogen-bond donors (Lipinski definition) is 1. The van der Waals surface area contributed by atoms with Gasteiger partial charge in [-0.3, -0.25) is 0 Å². The Labute approximate surface area is 80.0 Å². The molecule has 1 aliphatic rings. The van der Waals surface area contributed by atoms with Crippen LogP contribution in [-0.2, 0) is 9.84 Å². The highest BCUT2D eigenvalue weighted by atomic mass is 35.5. The normalized spacial score (nSPS) is 18.1. The summed E-state index contributed by atoms with van der Waals surface area (Å²) < 4.78 is 22.3. The Kier molecular flexibility index (Phi) is 5.13. The average molecular weight is 214 g/mol. The Morgan fingerprint density at radius 1 is 1.33 bits per heavy atom. The Morgan fingerprint density at radius 2 is 1.92 bits per heavy atom. The Bertz CT molecular complexity index is 211. The van der Waals surface area contributed by atoms with Crippen LogP contribution in [0.1, 0.15) is 19.3 Å². The summed E-state index contributed by atoms with van der Waals surface area (Å²) in [4.78, 5) is 0. The van der Waals surface area contributed by atoms with Gasteiger partial charge in [0.05, 0.1) is 11.5 Å². The van der Waals surface area contributed by atoms with Gasteiger partial charge in [0.1, 0.15) is 0 Å². The Hall–Kier alpha value is 0.200. The van der Waals surface area contributed by atoms with E-state index < -0.39 is 9.84 Å². The fourth-order valence-electron chi connectivity index (χ4n) is 1.28. The summed E-state index contributed by atoms with van der Waals surface area (Å²) in [6.07, 6.45) is 3.37. The lowest BCUT2D eigenvalue weighted by atomic mass is 9.87. The number of hydrogen-bond acceptors (Lipinski definition) is 3. The molecule has 74 valence electrons. The van der Waals surface area contributed by atoms with Crippen molar-refractivity contribution >= 4 is 22.2 Å². The van der Waals surface area contributed by atoms with Gasteiger partial charge in [-0.05, 0) is 18.8 Å². The maximum Gasteiger partial charge on any atom is 0.151 e. The van der Waals surface area contributed by atoms with Crippen molar-refractivity contribution in [3.63, 3.8) is 0 Å². The zero-order chi connectivity index (χ0) is 8.32. The standard InChI is InChI=1S/C7H15NO2S.ClH/c8-4-5-11(9,10)6-7-2-1-3-7;/h7H,1-6,8H2;1H. The molecule has 12 heavy (non-hydrogen) atoms. The minimum atomic E-state index is -2.82. The molecule has 0 spiro atoms. The van der Waals surface area contributed by atoms with Gasteiger partial charge in [0.15, 0.2) is 9.84 Å². The molecule has 1 rings (SSSR count). The first-order valence-electron chi connectivity index (χ1n) is 4.04. The highest BCUT2D eigenvalue weighted by molar-refractivity contribution is 7.91. The summed E-state index contributed by atoms with van der Waals surface area (Å²) in [5.41, 5.74) is 5.17. The van der Waals surface area contributed by atoms with Gasteiger partial charge in [0.2, 0.25) is 0 Å². The van der Waals surface area contributed by atoms with Crippen molar-refractivity contribution in [3.05, 3.63) is 0 Å². The summed E-state index contributed by atoms with van der Waals surface area (Å²) in [6.45, 7) is 0.259. The first-order valence-corrected chi connectivity index (χ1v) is 5.87. The summed E-state index contributed by atoms with van der Waals surface area (Å²) in [7, 11) is -2.82. The number of rotatable bonds is 4. The van der Waals surface area contributed by atoms with Gasteiger partial charge in [-0.15, -0.1) is 12.4 Å². The zero-order valence-electron chi connectivity index (χ0n) is 7.03. The van der Waals surface area contributed by atoms with Crippen LogP contribution in [0, 0.1) is 5.92 Å². The summed E-state index contributed by atoms with van der Waals surface area (Å²) in [6, 6.07) is 0. The number of halogens is 1. The third-order valence-corrected chi connectivity index (χ3v) is 3.98. The quantitative estimate of drug-likeness (QED) is 0.744. The number of nitrogens with two attached hydrogens (primary N) is 1. The van der Waals surface area contributed by atoms with Crippen molar-refractivity contribution in [2.45, 2.75) is 19.3 Å². The second kappa shape index (κ2) is 5.04. The van der Waals surface area contributed by atoms with Gasteiger partial charge in [-0.2, -0.15) is 0 Å². The van der Waals surface area contributed by atoms with Crippen molar-refractivity contribution in [2.24, 2.45) is 11.7 Å². The predicted molar refractivity (Wildman–Crippen MR) is 52.3 cm³/mol.